The Balaban J connectivity index is 1.78. The van der Waals surface area contributed by atoms with E-state index in [1.54, 1.807) is 18.0 Å². The second-order valence-corrected chi connectivity index (χ2v) is 6.68. The lowest BCUT2D eigenvalue weighted by Gasteiger charge is -2.21. The fraction of sp³-hybridized carbons (Fsp3) is 0.538. The molecule has 0 radical (unpaired) electrons. The maximum atomic E-state index is 11.9. The van der Waals surface area contributed by atoms with Gasteiger partial charge in [-0.2, -0.15) is 0 Å². The van der Waals surface area contributed by atoms with Crippen molar-refractivity contribution in [1.82, 2.24) is 10.3 Å². The van der Waals surface area contributed by atoms with E-state index in [1.807, 2.05) is 13.0 Å². The second-order valence-electron chi connectivity index (χ2n) is 4.64. The molecule has 19 heavy (non-hydrogen) atoms. The van der Waals surface area contributed by atoms with Gasteiger partial charge in [-0.3, -0.25) is 4.79 Å². The zero-order valence-corrected chi connectivity index (χ0v) is 13.3. The number of nitrogens with one attached hydrogen (secondary N) is 2. The Morgan fingerprint density at radius 3 is 3.00 bits per heavy atom. The molecule has 1 aromatic rings. The summed E-state index contributed by atoms with van der Waals surface area (Å²) >= 11 is 5.09. The number of thioether (sulfide) groups is 1. The van der Waals surface area contributed by atoms with E-state index in [-0.39, 0.29) is 5.91 Å². The lowest BCUT2D eigenvalue weighted by Crippen LogP contribution is -2.30. The summed E-state index contributed by atoms with van der Waals surface area (Å²) in [5.41, 5.74) is 1.78. The normalized spacial score (nSPS) is 16.3. The van der Waals surface area contributed by atoms with Crippen molar-refractivity contribution in [1.29, 1.82) is 0 Å². The van der Waals surface area contributed by atoms with Crippen LogP contribution in [0.2, 0.25) is 0 Å². The first-order valence-electron chi connectivity index (χ1n) is 6.39. The van der Waals surface area contributed by atoms with Crippen LogP contribution in [0.1, 0.15) is 18.4 Å². The Labute approximate surface area is 126 Å². The molecule has 1 aliphatic rings. The van der Waals surface area contributed by atoms with E-state index >= 15 is 0 Å². The van der Waals surface area contributed by atoms with E-state index in [1.165, 1.54) is 0 Å². The molecule has 104 valence electrons. The number of hydrogen-bond acceptors (Lipinski definition) is 4. The van der Waals surface area contributed by atoms with Crippen molar-refractivity contribution >= 4 is 39.3 Å². The van der Waals surface area contributed by atoms with Crippen molar-refractivity contribution in [2.75, 3.05) is 24.2 Å². The highest BCUT2D eigenvalue weighted by Gasteiger charge is 2.15. The van der Waals surface area contributed by atoms with Crippen LogP contribution in [-0.4, -0.2) is 35.0 Å². The molecule has 0 aromatic carbocycles. The minimum atomic E-state index is 0.0482. The van der Waals surface area contributed by atoms with E-state index in [4.69, 9.17) is 0 Å². The predicted molar refractivity (Wildman–Crippen MR) is 83.7 cm³/mol. The van der Waals surface area contributed by atoms with Crippen molar-refractivity contribution < 1.29 is 4.79 Å². The number of piperidine rings is 1. The molecule has 2 rings (SSSR count). The summed E-state index contributed by atoms with van der Waals surface area (Å²) < 4.78 is 0.814. The van der Waals surface area contributed by atoms with Crippen molar-refractivity contribution in [2.24, 2.45) is 0 Å². The lowest BCUT2D eigenvalue weighted by atomic mass is 10.2. The van der Waals surface area contributed by atoms with Crippen LogP contribution in [0.5, 0.6) is 0 Å². The topological polar surface area (TPSA) is 54.0 Å². The summed E-state index contributed by atoms with van der Waals surface area (Å²) in [6.45, 7) is 4.08. The zero-order valence-electron chi connectivity index (χ0n) is 10.9. The van der Waals surface area contributed by atoms with Crippen LogP contribution >= 0.6 is 27.7 Å². The number of nitrogens with zero attached hydrogens (tertiary/aromatic N) is 1. The molecule has 2 heterocycles. The number of pyridine rings is 1. The third-order valence-electron chi connectivity index (χ3n) is 3.03. The fourth-order valence-electron chi connectivity index (χ4n) is 1.98. The summed E-state index contributed by atoms with van der Waals surface area (Å²) in [5.74, 6) is 0.562. The van der Waals surface area contributed by atoms with Crippen molar-refractivity contribution in [3.05, 3.63) is 22.4 Å². The molecule has 1 aromatic heterocycles. The number of aryl methyl sites for hydroxylation is 1. The van der Waals surface area contributed by atoms with Gasteiger partial charge in [0.05, 0.1) is 17.6 Å². The Morgan fingerprint density at radius 1 is 1.58 bits per heavy atom. The standard InChI is InChI=1S/C13H18BrN3OS/c1-9-6-10(7-16-13(9)14)17-12(18)8-19-11-2-4-15-5-3-11/h6-7,11,15H,2-5,8H2,1H3,(H,17,18). The quantitative estimate of drug-likeness (QED) is 0.825. The van der Waals surface area contributed by atoms with Crippen LogP contribution in [0.3, 0.4) is 0 Å². The molecule has 0 bridgehead atoms. The fourth-order valence-corrected chi connectivity index (χ4v) is 3.22. The van der Waals surface area contributed by atoms with Gasteiger partial charge in [-0.25, -0.2) is 4.98 Å². The Bertz CT molecular complexity index is 450. The second kappa shape index (κ2) is 7.26. The molecule has 1 aliphatic heterocycles. The van der Waals surface area contributed by atoms with Gasteiger partial charge in [-0.1, -0.05) is 0 Å². The summed E-state index contributed by atoms with van der Waals surface area (Å²) in [7, 11) is 0. The first-order chi connectivity index (χ1) is 9.15. The number of halogens is 1. The van der Waals surface area contributed by atoms with E-state index in [9.17, 15) is 4.79 Å². The average Bonchev–Trinajstić information content (AvgIpc) is 2.42. The van der Waals surface area contributed by atoms with Gasteiger partial charge in [0, 0.05) is 5.25 Å². The number of anilines is 1. The molecule has 4 nitrogen and oxygen atoms in total. The van der Waals surface area contributed by atoms with E-state index in [0.29, 0.717) is 11.0 Å². The molecule has 0 saturated carbocycles. The van der Waals surface area contributed by atoms with Gasteiger partial charge in [0.2, 0.25) is 5.91 Å². The number of carbonyl (C=O) groups excluding carboxylic acids is 1. The Kier molecular flexibility index (Phi) is 5.66. The number of aromatic nitrogens is 1. The third kappa shape index (κ3) is 4.78. The van der Waals surface area contributed by atoms with Crippen molar-refractivity contribution in [3.8, 4) is 0 Å². The first kappa shape index (κ1) is 14.8. The molecular weight excluding hydrogens is 326 g/mol. The SMILES string of the molecule is Cc1cc(NC(=O)CSC2CCNCC2)cnc1Br. The highest BCUT2D eigenvalue weighted by atomic mass is 79.9. The minimum Gasteiger partial charge on any atom is -0.324 e. The average molecular weight is 344 g/mol. The van der Waals surface area contributed by atoms with Crippen LogP contribution in [0.25, 0.3) is 0 Å². The number of hydrogen-bond donors (Lipinski definition) is 2. The zero-order chi connectivity index (χ0) is 13.7. The molecule has 1 saturated heterocycles. The van der Waals surface area contributed by atoms with Crippen LogP contribution in [0, 0.1) is 6.92 Å². The largest absolute Gasteiger partial charge is 0.324 e. The van der Waals surface area contributed by atoms with Gasteiger partial charge >= 0.3 is 0 Å². The first-order valence-corrected chi connectivity index (χ1v) is 8.23. The highest BCUT2D eigenvalue weighted by Crippen LogP contribution is 2.21. The molecule has 0 aliphatic carbocycles. The number of amides is 1. The molecule has 0 spiro atoms. The van der Waals surface area contributed by atoms with Crippen LogP contribution in [0.4, 0.5) is 5.69 Å². The molecule has 2 N–H and O–H groups in total. The smallest absolute Gasteiger partial charge is 0.234 e. The third-order valence-corrected chi connectivity index (χ3v) is 5.24. The van der Waals surface area contributed by atoms with Gasteiger partial charge < -0.3 is 10.6 Å². The maximum Gasteiger partial charge on any atom is 0.234 e. The lowest BCUT2D eigenvalue weighted by molar-refractivity contribution is -0.113. The van der Waals surface area contributed by atoms with E-state index in [0.717, 1.165) is 41.8 Å². The molecule has 6 heteroatoms. The summed E-state index contributed by atoms with van der Waals surface area (Å²) in [6.07, 6.45) is 3.97. The number of carbonyl (C=O) groups is 1. The molecule has 1 amide bonds. The van der Waals surface area contributed by atoms with Crippen LogP contribution in [0.15, 0.2) is 16.9 Å². The highest BCUT2D eigenvalue weighted by molar-refractivity contribution is 9.10. The van der Waals surface area contributed by atoms with Gasteiger partial charge in [0.25, 0.3) is 0 Å². The van der Waals surface area contributed by atoms with Gasteiger partial charge in [0.15, 0.2) is 0 Å². The van der Waals surface area contributed by atoms with Crippen LogP contribution < -0.4 is 10.6 Å². The van der Waals surface area contributed by atoms with Gasteiger partial charge in [-0.05, 0) is 60.4 Å². The predicted octanol–water partition coefficient (Wildman–Crippen LogP) is 2.58. The van der Waals surface area contributed by atoms with Crippen molar-refractivity contribution in [3.63, 3.8) is 0 Å². The van der Waals surface area contributed by atoms with Crippen molar-refractivity contribution in [2.45, 2.75) is 25.0 Å². The summed E-state index contributed by atoms with van der Waals surface area (Å²) in [6, 6.07) is 1.92. The Hall–Kier alpha value is -0.590. The van der Waals surface area contributed by atoms with Gasteiger partial charge in [0.1, 0.15) is 4.60 Å². The van der Waals surface area contributed by atoms with Gasteiger partial charge in [-0.15, -0.1) is 11.8 Å². The van der Waals surface area contributed by atoms with E-state index < -0.39 is 0 Å². The molecule has 0 atom stereocenters. The monoisotopic (exact) mass is 343 g/mol. The summed E-state index contributed by atoms with van der Waals surface area (Å²) in [5, 5.41) is 6.83. The minimum absolute atomic E-state index is 0.0482. The maximum absolute atomic E-state index is 11.9. The summed E-state index contributed by atoms with van der Waals surface area (Å²) in [4.78, 5) is 16.0. The van der Waals surface area contributed by atoms with E-state index in [2.05, 4.69) is 31.5 Å². The number of rotatable bonds is 4. The molecule has 0 unspecified atom stereocenters. The molecule has 1 fully saturated rings. The van der Waals surface area contributed by atoms with Crippen LogP contribution in [-0.2, 0) is 4.79 Å². The Morgan fingerprint density at radius 2 is 2.32 bits per heavy atom. The molecular formula is C13H18BrN3OS.